The van der Waals surface area contributed by atoms with Gasteiger partial charge in [0.05, 0.1) is 12.9 Å². The normalized spacial score (nSPS) is 10.9. The van der Waals surface area contributed by atoms with Gasteiger partial charge in [-0.2, -0.15) is 0 Å². The van der Waals surface area contributed by atoms with Crippen LogP contribution in [0.3, 0.4) is 0 Å². The average Bonchev–Trinajstić information content (AvgIpc) is 3.13. The Labute approximate surface area is 138 Å². The fourth-order valence-electron chi connectivity index (χ4n) is 2.26. The summed E-state index contributed by atoms with van der Waals surface area (Å²) in [6, 6.07) is 9.75. The number of nitrogens with zero attached hydrogens (tertiary/aromatic N) is 3. The fourth-order valence-corrected chi connectivity index (χ4v) is 2.93. The molecule has 0 saturated carbocycles. The summed E-state index contributed by atoms with van der Waals surface area (Å²) in [5.74, 6) is 8.71. The second-order valence-corrected chi connectivity index (χ2v) is 6.24. The lowest BCUT2D eigenvalue weighted by Gasteiger charge is -2.08. The van der Waals surface area contributed by atoms with Crippen LogP contribution >= 0.6 is 11.8 Å². The van der Waals surface area contributed by atoms with Crippen LogP contribution in [-0.2, 0) is 0 Å². The summed E-state index contributed by atoms with van der Waals surface area (Å²) in [5.41, 5.74) is 2.38. The lowest BCUT2D eigenvalue weighted by molar-refractivity contribution is 0.343. The predicted octanol–water partition coefficient (Wildman–Crippen LogP) is 3.04. The number of hydrogen-bond acceptors (Lipinski definition) is 6. The molecule has 120 valence electrons. The van der Waals surface area contributed by atoms with E-state index in [1.165, 1.54) is 27.6 Å². The van der Waals surface area contributed by atoms with Crippen molar-refractivity contribution in [1.82, 2.24) is 14.9 Å². The number of aryl methyl sites for hydroxylation is 2. The summed E-state index contributed by atoms with van der Waals surface area (Å²) < 4.78 is 12.5. The van der Waals surface area contributed by atoms with E-state index in [-0.39, 0.29) is 0 Å². The van der Waals surface area contributed by atoms with Gasteiger partial charge in [0.1, 0.15) is 5.75 Å². The predicted molar refractivity (Wildman–Crippen MR) is 90.0 cm³/mol. The molecular formula is C16H18N4O2S. The zero-order valence-electron chi connectivity index (χ0n) is 13.0. The molecule has 2 aromatic heterocycles. The van der Waals surface area contributed by atoms with Gasteiger partial charge in [-0.3, -0.25) is 0 Å². The molecule has 2 heterocycles. The summed E-state index contributed by atoms with van der Waals surface area (Å²) >= 11 is 1.49. The summed E-state index contributed by atoms with van der Waals surface area (Å²) in [7, 11) is 0. The molecule has 7 heteroatoms. The van der Waals surface area contributed by atoms with Crippen LogP contribution in [-0.4, -0.2) is 27.2 Å². The quantitative estimate of drug-likeness (QED) is 0.425. The van der Waals surface area contributed by atoms with Gasteiger partial charge < -0.3 is 15.0 Å². The van der Waals surface area contributed by atoms with Crippen LogP contribution in [0.15, 0.2) is 46.2 Å². The number of aromatic nitrogens is 3. The molecule has 3 aromatic rings. The first-order valence-electron chi connectivity index (χ1n) is 7.22. The number of furan rings is 1. The molecule has 6 nitrogen and oxygen atoms in total. The van der Waals surface area contributed by atoms with Gasteiger partial charge in [0.2, 0.25) is 11.0 Å². The second-order valence-electron chi connectivity index (χ2n) is 5.17. The fraction of sp³-hybridized carbons (Fsp3) is 0.250. The van der Waals surface area contributed by atoms with E-state index in [2.05, 4.69) is 30.1 Å². The third-order valence-corrected chi connectivity index (χ3v) is 4.09. The first-order valence-corrected chi connectivity index (χ1v) is 8.20. The highest BCUT2D eigenvalue weighted by atomic mass is 32.2. The monoisotopic (exact) mass is 330 g/mol. The van der Waals surface area contributed by atoms with Crippen LogP contribution in [0.5, 0.6) is 5.75 Å². The largest absolute Gasteiger partial charge is 0.493 e. The molecule has 2 N–H and O–H groups in total. The summed E-state index contributed by atoms with van der Waals surface area (Å²) in [6.07, 6.45) is 1.58. The van der Waals surface area contributed by atoms with Crippen molar-refractivity contribution in [3.63, 3.8) is 0 Å². The van der Waals surface area contributed by atoms with Gasteiger partial charge in [-0.15, -0.1) is 10.2 Å². The van der Waals surface area contributed by atoms with Gasteiger partial charge in [0, 0.05) is 5.75 Å². The minimum absolute atomic E-state index is 0.507. The molecule has 0 atom stereocenters. The van der Waals surface area contributed by atoms with Crippen molar-refractivity contribution < 1.29 is 9.15 Å². The number of nitrogen functional groups attached to an aromatic ring is 1. The van der Waals surface area contributed by atoms with E-state index < -0.39 is 0 Å². The Morgan fingerprint density at radius 3 is 2.70 bits per heavy atom. The van der Waals surface area contributed by atoms with Gasteiger partial charge in [-0.05, 0) is 49.2 Å². The van der Waals surface area contributed by atoms with Gasteiger partial charge in [-0.1, -0.05) is 17.8 Å². The third kappa shape index (κ3) is 3.68. The SMILES string of the molecule is Cc1cc(C)cc(OCCSc2nnc(-c3ccco3)n2N)c1. The van der Waals surface area contributed by atoms with Crippen molar-refractivity contribution in [2.45, 2.75) is 19.0 Å². The number of nitrogens with two attached hydrogens (primary N) is 1. The van der Waals surface area contributed by atoms with Gasteiger partial charge in [0.15, 0.2) is 5.76 Å². The van der Waals surface area contributed by atoms with E-state index in [1.807, 2.05) is 12.1 Å². The van der Waals surface area contributed by atoms with Crippen molar-refractivity contribution >= 4 is 11.8 Å². The van der Waals surface area contributed by atoms with E-state index in [9.17, 15) is 0 Å². The maximum atomic E-state index is 6.00. The van der Waals surface area contributed by atoms with Gasteiger partial charge in [-0.25, -0.2) is 4.68 Å². The van der Waals surface area contributed by atoms with Crippen molar-refractivity contribution in [2.24, 2.45) is 0 Å². The molecule has 0 amide bonds. The van der Waals surface area contributed by atoms with E-state index in [0.717, 1.165) is 11.5 Å². The molecule has 0 fully saturated rings. The number of thioether (sulfide) groups is 1. The Morgan fingerprint density at radius 1 is 1.22 bits per heavy atom. The third-order valence-electron chi connectivity index (χ3n) is 3.18. The molecular weight excluding hydrogens is 312 g/mol. The zero-order valence-corrected chi connectivity index (χ0v) is 13.8. The van der Waals surface area contributed by atoms with Gasteiger partial charge in [0.25, 0.3) is 0 Å². The van der Waals surface area contributed by atoms with Crippen LogP contribution in [0, 0.1) is 13.8 Å². The molecule has 0 radical (unpaired) electrons. The Balaban J connectivity index is 1.55. The highest BCUT2D eigenvalue weighted by Crippen LogP contribution is 2.22. The maximum Gasteiger partial charge on any atom is 0.218 e. The molecule has 0 aliphatic rings. The molecule has 0 saturated heterocycles. The molecule has 0 bridgehead atoms. The van der Waals surface area contributed by atoms with Crippen LogP contribution < -0.4 is 10.6 Å². The van der Waals surface area contributed by atoms with Crippen molar-refractivity contribution in [3.8, 4) is 17.3 Å². The first-order chi connectivity index (χ1) is 11.1. The number of benzene rings is 1. The molecule has 23 heavy (non-hydrogen) atoms. The zero-order chi connectivity index (χ0) is 16.2. The molecule has 3 rings (SSSR count). The van der Waals surface area contributed by atoms with Crippen molar-refractivity contribution in [1.29, 1.82) is 0 Å². The highest BCUT2D eigenvalue weighted by molar-refractivity contribution is 7.99. The van der Waals surface area contributed by atoms with E-state index in [1.54, 1.807) is 18.4 Å². The van der Waals surface area contributed by atoms with Crippen molar-refractivity contribution in [2.75, 3.05) is 18.2 Å². The standard InChI is InChI=1S/C16H18N4O2S/c1-11-8-12(2)10-13(9-11)21-6-7-23-16-19-18-15(20(16)17)14-4-3-5-22-14/h3-5,8-10H,6-7,17H2,1-2H3. The Morgan fingerprint density at radius 2 is 2.00 bits per heavy atom. The molecule has 0 aliphatic carbocycles. The summed E-state index contributed by atoms with van der Waals surface area (Å²) in [4.78, 5) is 0. The average molecular weight is 330 g/mol. The molecule has 0 spiro atoms. The van der Waals surface area contributed by atoms with Crippen LogP contribution in [0.25, 0.3) is 11.6 Å². The van der Waals surface area contributed by atoms with E-state index in [4.69, 9.17) is 15.0 Å². The molecule has 0 aliphatic heterocycles. The topological polar surface area (TPSA) is 79.1 Å². The van der Waals surface area contributed by atoms with E-state index >= 15 is 0 Å². The minimum atomic E-state index is 0.507. The minimum Gasteiger partial charge on any atom is -0.493 e. The first kappa shape index (κ1) is 15.5. The Hall–Kier alpha value is -2.41. The summed E-state index contributed by atoms with van der Waals surface area (Å²) in [5, 5.41) is 8.76. The smallest absolute Gasteiger partial charge is 0.218 e. The Kier molecular flexibility index (Phi) is 4.57. The number of ether oxygens (including phenoxy) is 1. The number of hydrogen-bond donors (Lipinski definition) is 1. The highest BCUT2D eigenvalue weighted by Gasteiger charge is 2.13. The van der Waals surface area contributed by atoms with Crippen molar-refractivity contribution in [3.05, 3.63) is 47.7 Å². The van der Waals surface area contributed by atoms with E-state index in [0.29, 0.717) is 23.3 Å². The summed E-state index contributed by atoms with van der Waals surface area (Å²) in [6.45, 7) is 4.68. The lowest BCUT2D eigenvalue weighted by atomic mass is 10.1. The second kappa shape index (κ2) is 6.78. The molecule has 0 unspecified atom stereocenters. The molecule has 1 aromatic carbocycles. The van der Waals surface area contributed by atoms with Crippen LogP contribution in [0.2, 0.25) is 0 Å². The maximum absolute atomic E-state index is 6.00. The Bertz CT molecular complexity index is 763. The number of rotatable bonds is 6. The van der Waals surface area contributed by atoms with Crippen LogP contribution in [0.1, 0.15) is 11.1 Å². The van der Waals surface area contributed by atoms with Crippen LogP contribution in [0.4, 0.5) is 0 Å². The lowest BCUT2D eigenvalue weighted by Crippen LogP contribution is -2.12. The van der Waals surface area contributed by atoms with Gasteiger partial charge >= 0.3 is 0 Å².